The number of nitrogens with one attached hydrogen (secondary N) is 1. The highest BCUT2D eigenvalue weighted by Crippen LogP contribution is 2.51. The van der Waals surface area contributed by atoms with Crippen LogP contribution in [0, 0.1) is 18.6 Å². The van der Waals surface area contributed by atoms with E-state index in [4.69, 9.17) is 0 Å². The van der Waals surface area contributed by atoms with Crippen LogP contribution in [0.15, 0.2) is 42.5 Å². The fourth-order valence-corrected chi connectivity index (χ4v) is 2.72. The molecule has 7 heteroatoms. The highest BCUT2D eigenvalue weighted by molar-refractivity contribution is 7.52. The van der Waals surface area contributed by atoms with Crippen LogP contribution in [0.5, 0.6) is 0 Å². The molecule has 0 radical (unpaired) electrons. The number of benzene rings is 2. The van der Waals surface area contributed by atoms with Crippen molar-refractivity contribution < 1.29 is 23.1 Å². The van der Waals surface area contributed by atoms with Gasteiger partial charge in [0.15, 0.2) is 17.4 Å². The Morgan fingerprint density at radius 1 is 1.05 bits per heavy atom. The molecule has 2 aromatic carbocycles. The maximum atomic E-state index is 13.3. The van der Waals surface area contributed by atoms with Crippen molar-refractivity contribution in [1.82, 2.24) is 0 Å². The van der Waals surface area contributed by atoms with Gasteiger partial charge < -0.3 is 15.1 Å². The van der Waals surface area contributed by atoms with Crippen molar-refractivity contribution in [2.45, 2.75) is 12.7 Å². The monoisotopic (exact) mass is 313 g/mol. The molecule has 3 N–H and O–H groups in total. The van der Waals surface area contributed by atoms with Crippen LogP contribution < -0.4 is 5.32 Å². The molecule has 21 heavy (non-hydrogen) atoms. The molecule has 0 amide bonds. The molecule has 0 spiro atoms. The Hall–Kier alpha value is -1.75. The van der Waals surface area contributed by atoms with E-state index in [1.165, 1.54) is 0 Å². The van der Waals surface area contributed by atoms with Crippen LogP contribution in [0.25, 0.3) is 0 Å². The molecule has 0 bridgehead atoms. The van der Waals surface area contributed by atoms with Gasteiger partial charge in [0.1, 0.15) is 0 Å². The molecule has 0 saturated carbocycles. The second kappa shape index (κ2) is 5.93. The third-order valence-electron chi connectivity index (χ3n) is 2.95. The van der Waals surface area contributed by atoms with E-state index in [9.17, 15) is 23.1 Å². The fraction of sp³-hybridized carbons (Fsp3) is 0.143. The molecule has 0 fully saturated rings. The quantitative estimate of drug-likeness (QED) is 0.755. The molecular weight excluding hydrogens is 299 g/mol. The van der Waals surface area contributed by atoms with Crippen LogP contribution in [0.2, 0.25) is 0 Å². The van der Waals surface area contributed by atoms with Crippen molar-refractivity contribution in [2.75, 3.05) is 5.32 Å². The summed E-state index contributed by atoms with van der Waals surface area (Å²) in [7, 11) is -4.61. The zero-order valence-electron chi connectivity index (χ0n) is 11.1. The lowest BCUT2D eigenvalue weighted by molar-refractivity contribution is 0.363. The predicted octanol–water partition coefficient (Wildman–Crippen LogP) is 3.56. The van der Waals surface area contributed by atoms with Gasteiger partial charge in [-0.15, -0.1) is 0 Å². The average Bonchev–Trinajstić information content (AvgIpc) is 2.40. The summed E-state index contributed by atoms with van der Waals surface area (Å²) in [5.74, 6) is -3.68. The third-order valence-corrected chi connectivity index (χ3v) is 4.05. The van der Waals surface area contributed by atoms with E-state index in [0.717, 1.165) is 23.8 Å². The van der Waals surface area contributed by atoms with E-state index in [-0.39, 0.29) is 5.56 Å². The zero-order chi connectivity index (χ0) is 15.6. The summed E-state index contributed by atoms with van der Waals surface area (Å²) in [4.78, 5) is 18.9. The Morgan fingerprint density at radius 2 is 1.67 bits per heavy atom. The lowest BCUT2D eigenvalue weighted by Crippen LogP contribution is -2.12. The minimum atomic E-state index is -4.61. The number of hydrogen-bond acceptors (Lipinski definition) is 2. The van der Waals surface area contributed by atoms with Crippen LogP contribution >= 0.6 is 7.60 Å². The Kier molecular flexibility index (Phi) is 4.42. The van der Waals surface area contributed by atoms with E-state index < -0.39 is 25.0 Å². The standard InChI is InChI=1S/C14H14F2NO3P/c1-9-2-5-11(6-3-9)17-14(21(18,19)20)10-4-7-12(15)13(16)8-10/h2-8,14,17H,1H3,(H2,18,19,20)/t14-/m0/s1. The second-order valence-corrected chi connectivity index (χ2v) is 6.37. The van der Waals surface area contributed by atoms with Gasteiger partial charge in [0, 0.05) is 5.69 Å². The molecule has 0 heterocycles. The summed E-state index contributed by atoms with van der Waals surface area (Å²) in [6.45, 7) is 1.87. The Bertz CT molecular complexity index is 685. The van der Waals surface area contributed by atoms with Crippen molar-refractivity contribution in [3.05, 3.63) is 65.2 Å². The van der Waals surface area contributed by atoms with E-state index in [1.54, 1.807) is 24.3 Å². The Labute approximate surface area is 120 Å². The lowest BCUT2D eigenvalue weighted by Gasteiger charge is -2.21. The summed E-state index contributed by atoms with van der Waals surface area (Å²) in [6.07, 6.45) is 0. The minimum absolute atomic E-state index is 0.0252. The summed E-state index contributed by atoms with van der Waals surface area (Å²) in [5, 5.41) is 2.66. The molecule has 0 unspecified atom stereocenters. The lowest BCUT2D eigenvalue weighted by atomic mass is 10.2. The number of hydrogen-bond donors (Lipinski definition) is 3. The summed E-state index contributed by atoms with van der Waals surface area (Å²) in [6, 6.07) is 9.60. The topological polar surface area (TPSA) is 69.6 Å². The minimum Gasteiger partial charge on any atom is -0.368 e. The first kappa shape index (κ1) is 15.6. The fourth-order valence-electron chi connectivity index (χ4n) is 1.85. The van der Waals surface area contributed by atoms with Crippen molar-refractivity contribution in [3.63, 3.8) is 0 Å². The molecule has 0 aliphatic carbocycles. The second-order valence-electron chi connectivity index (χ2n) is 4.68. The molecule has 1 atom stereocenters. The summed E-state index contributed by atoms with van der Waals surface area (Å²) < 4.78 is 37.8. The SMILES string of the molecule is Cc1ccc(N[C@H](c2ccc(F)c(F)c2)P(=O)(O)O)cc1. The van der Waals surface area contributed by atoms with Crippen LogP contribution in [-0.4, -0.2) is 9.79 Å². The maximum Gasteiger partial charge on any atom is 0.352 e. The molecule has 2 rings (SSSR count). The average molecular weight is 313 g/mol. The first-order valence-electron chi connectivity index (χ1n) is 6.11. The van der Waals surface area contributed by atoms with Crippen LogP contribution in [0.3, 0.4) is 0 Å². The van der Waals surface area contributed by atoms with Gasteiger partial charge in [0.05, 0.1) is 0 Å². The smallest absolute Gasteiger partial charge is 0.352 e. The molecule has 0 aliphatic heterocycles. The van der Waals surface area contributed by atoms with Gasteiger partial charge in [-0.05, 0) is 36.8 Å². The van der Waals surface area contributed by atoms with Crippen LogP contribution in [0.4, 0.5) is 14.5 Å². The molecule has 112 valence electrons. The van der Waals surface area contributed by atoms with Crippen molar-refractivity contribution in [1.29, 1.82) is 0 Å². The van der Waals surface area contributed by atoms with Gasteiger partial charge in [0.2, 0.25) is 0 Å². The Balaban J connectivity index is 2.37. The summed E-state index contributed by atoms with van der Waals surface area (Å²) >= 11 is 0. The molecule has 2 aromatic rings. The van der Waals surface area contributed by atoms with Gasteiger partial charge in [-0.2, -0.15) is 0 Å². The number of halogens is 2. The molecule has 0 aromatic heterocycles. The van der Waals surface area contributed by atoms with Crippen LogP contribution in [0.1, 0.15) is 16.9 Å². The van der Waals surface area contributed by atoms with Crippen molar-refractivity contribution in [3.8, 4) is 0 Å². The van der Waals surface area contributed by atoms with Crippen molar-refractivity contribution in [2.24, 2.45) is 0 Å². The van der Waals surface area contributed by atoms with E-state index in [1.807, 2.05) is 6.92 Å². The van der Waals surface area contributed by atoms with E-state index >= 15 is 0 Å². The van der Waals surface area contributed by atoms with Gasteiger partial charge in [-0.3, -0.25) is 4.57 Å². The van der Waals surface area contributed by atoms with E-state index in [2.05, 4.69) is 5.32 Å². The molecule has 0 aliphatic rings. The zero-order valence-corrected chi connectivity index (χ0v) is 12.0. The first-order chi connectivity index (χ1) is 9.77. The van der Waals surface area contributed by atoms with Gasteiger partial charge in [-0.1, -0.05) is 23.8 Å². The number of anilines is 1. The summed E-state index contributed by atoms with van der Waals surface area (Å²) in [5.41, 5.74) is 1.43. The van der Waals surface area contributed by atoms with Gasteiger partial charge in [-0.25, -0.2) is 8.78 Å². The van der Waals surface area contributed by atoms with Crippen molar-refractivity contribution >= 4 is 13.3 Å². The largest absolute Gasteiger partial charge is 0.368 e. The number of aryl methyl sites for hydroxylation is 1. The number of rotatable bonds is 4. The molecule has 0 saturated heterocycles. The highest BCUT2D eigenvalue weighted by atomic mass is 31.2. The third kappa shape index (κ3) is 3.88. The predicted molar refractivity (Wildman–Crippen MR) is 75.9 cm³/mol. The normalized spacial score (nSPS) is 13.0. The maximum absolute atomic E-state index is 13.3. The van der Waals surface area contributed by atoms with E-state index in [0.29, 0.717) is 5.69 Å². The van der Waals surface area contributed by atoms with Gasteiger partial charge >= 0.3 is 7.60 Å². The Morgan fingerprint density at radius 3 is 2.19 bits per heavy atom. The van der Waals surface area contributed by atoms with Crippen LogP contribution in [-0.2, 0) is 4.57 Å². The van der Waals surface area contributed by atoms with Gasteiger partial charge in [0.25, 0.3) is 0 Å². The molecular formula is C14H14F2NO3P. The highest BCUT2D eigenvalue weighted by Gasteiger charge is 2.31. The first-order valence-corrected chi connectivity index (χ1v) is 7.79. The molecule has 4 nitrogen and oxygen atoms in total.